The predicted octanol–water partition coefficient (Wildman–Crippen LogP) is 1.82. The van der Waals surface area contributed by atoms with Gasteiger partial charge >= 0.3 is 0 Å². The first-order valence-electron chi connectivity index (χ1n) is 7.38. The maximum atomic E-state index is 10.9. The highest BCUT2D eigenvalue weighted by Crippen LogP contribution is 2.33. The number of hydrogen-bond donors (Lipinski definition) is 1. The van der Waals surface area contributed by atoms with Crippen molar-refractivity contribution in [2.75, 3.05) is 18.0 Å². The zero-order valence-electron chi connectivity index (χ0n) is 12.5. The lowest BCUT2D eigenvalue weighted by atomic mass is 9.93. The fourth-order valence-electron chi connectivity index (χ4n) is 3.03. The van der Waals surface area contributed by atoms with Gasteiger partial charge in [0.15, 0.2) is 10.8 Å². The third-order valence-corrected chi connectivity index (χ3v) is 5.34. The quantitative estimate of drug-likeness (QED) is 0.934. The number of fused-ring (bicyclic) bond motifs is 1. The molecule has 2 N–H and O–H groups in total. The fourth-order valence-corrected chi connectivity index (χ4v) is 4.10. The number of carbonyl (C=O) groups excluding carboxylic acids is 1. The van der Waals surface area contributed by atoms with E-state index in [9.17, 15) is 4.79 Å². The summed E-state index contributed by atoms with van der Waals surface area (Å²) >= 11 is 1.72. The molecule has 2 aromatic rings. The highest BCUT2D eigenvalue weighted by Gasteiger charge is 2.23. The first-order valence-corrected chi connectivity index (χ1v) is 8.19. The Balaban J connectivity index is 1.75. The van der Waals surface area contributed by atoms with Crippen LogP contribution in [0.3, 0.4) is 0 Å². The van der Waals surface area contributed by atoms with Gasteiger partial charge in [-0.1, -0.05) is 11.3 Å². The standard InChI is InChI=1S/C14H21N5OS/c1-9-12-13(18(2)17-9)16-14(21-12)19-7-3-4-10(8-19)5-6-11(15)20/h10H,3-8H2,1-2H3,(H2,15,20). The number of nitrogens with zero attached hydrogens (tertiary/aromatic N) is 4. The second kappa shape index (κ2) is 5.63. The molecule has 1 saturated heterocycles. The summed E-state index contributed by atoms with van der Waals surface area (Å²) in [4.78, 5) is 18.0. The lowest BCUT2D eigenvalue weighted by Gasteiger charge is -2.32. The Kier molecular flexibility index (Phi) is 3.84. The van der Waals surface area contributed by atoms with Crippen LogP contribution in [-0.4, -0.2) is 33.8 Å². The van der Waals surface area contributed by atoms with Crippen LogP contribution in [-0.2, 0) is 11.8 Å². The van der Waals surface area contributed by atoms with Crippen LogP contribution in [0.5, 0.6) is 0 Å². The molecule has 3 heterocycles. The number of piperidine rings is 1. The lowest BCUT2D eigenvalue weighted by molar-refractivity contribution is -0.118. The average Bonchev–Trinajstić information content (AvgIpc) is 3.00. The first kappa shape index (κ1) is 14.3. The van der Waals surface area contributed by atoms with Gasteiger partial charge in [-0.2, -0.15) is 5.10 Å². The normalized spacial score (nSPS) is 19.3. The molecule has 0 aromatic carbocycles. The Morgan fingerprint density at radius 1 is 1.52 bits per heavy atom. The average molecular weight is 307 g/mol. The Hall–Kier alpha value is -1.63. The summed E-state index contributed by atoms with van der Waals surface area (Å²) in [6.07, 6.45) is 3.70. The molecule has 2 aromatic heterocycles. The van der Waals surface area contributed by atoms with E-state index in [0.29, 0.717) is 12.3 Å². The van der Waals surface area contributed by atoms with E-state index >= 15 is 0 Å². The van der Waals surface area contributed by atoms with Gasteiger partial charge in [0.25, 0.3) is 0 Å². The Morgan fingerprint density at radius 3 is 3.05 bits per heavy atom. The van der Waals surface area contributed by atoms with Crippen molar-refractivity contribution in [3.05, 3.63) is 5.69 Å². The van der Waals surface area contributed by atoms with Gasteiger partial charge in [-0.25, -0.2) is 9.67 Å². The molecule has 3 rings (SSSR count). The molecule has 1 amide bonds. The van der Waals surface area contributed by atoms with Gasteiger partial charge in [0.2, 0.25) is 5.91 Å². The van der Waals surface area contributed by atoms with Crippen LogP contribution in [0.25, 0.3) is 10.3 Å². The monoisotopic (exact) mass is 307 g/mol. The van der Waals surface area contributed by atoms with Crippen molar-refractivity contribution in [1.82, 2.24) is 14.8 Å². The molecule has 6 nitrogen and oxygen atoms in total. The van der Waals surface area contributed by atoms with E-state index in [4.69, 9.17) is 10.7 Å². The maximum Gasteiger partial charge on any atom is 0.217 e. The number of amides is 1. The Morgan fingerprint density at radius 2 is 2.33 bits per heavy atom. The van der Waals surface area contributed by atoms with Crippen molar-refractivity contribution in [2.45, 2.75) is 32.6 Å². The molecule has 1 unspecified atom stereocenters. The molecular formula is C14H21N5OS. The third kappa shape index (κ3) is 2.88. The number of primary amides is 1. The van der Waals surface area contributed by atoms with Crippen LogP contribution in [0.2, 0.25) is 0 Å². The summed E-state index contributed by atoms with van der Waals surface area (Å²) in [6, 6.07) is 0. The van der Waals surface area contributed by atoms with Gasteiger partial charge in [0, 0.05) is 26.6 Å². The van der Waals surface area contributed by atoms with Crippen LogP contribution in [0.15, 0.2) is 0 Å². The van der Waals surface area contributed by atoms with Gasteiger partial charge in [-0.3, -0.25) is 4.79 Å². The maximum absolute atomic E-state index is 10.9. The van der Waals surface area contributed by atoms with E-state index in [0.717, 1.165) is 42.4 Å². The van der Waals surface area contributed by atoms with Gasteiger partial charge < -0.3 is 10.6 Å². The summed E-state index contributed by atoms with van der Waals surface area (Å²) in [5.41, 5.74) is 7.26. The molecule has 7 heteroatoms. The third-order valence-electron chi connectivity index (χ3n) is 4.12. The van der Waals surface area contributed by atoms with E-state index in [1.807, 2.05) is 18.7 Å². The lowest BCUT2D eigenvalue weighted by Crippen LogP contribution is -2.35. The van der Waals surface area contributed by atoms with Crippen LogP contribution < -0.4 is 10.6 Å². The van der Waals surface area contributed by atoms with E-state index in [1.54, 1.807) is 11.3 Å². The molecular weight excluding hydrogens is 286 g/mol. The van der Waals surface area contributed by atoms with E-state index in [2.05, 4.69) is 10.00 Å². The highest BCUT2D eigenvalue weighted by molar-refractivity contribution is 7.22. The number of rotatable bonds is 4. The molecule has 21 heavy (non-hydrogen) atoms. The number of aromatic nitrogens is 3. The number of thiazole rings is 1. The summed E-state index contributed by atoms with van der Waals surface area (Å²) in [5, 5.41) is 5.47. The second-order valence-corrected chi connectivity index (χ2v) is 6.79. The molecule has 1 atom stereocenters. The van der Waals surface area contributed by atoms with Crippen molar-refractivity contribution in [1.29, 1.82) is 0 Å². The van der Waals surface area contributed by atoms with Gasteiger partial charge in [0.1, 0.15) is 0 Å². The second-order valence-electron chi connectivity index (χ2n) is 5.82. The van der Waals surface area contributed by atoms with Crippen LogP contribution >= 0.6 is 11.3 Å². The number of carbonyl (C=O) groups is 1. The molecule has 1 aliphatic heterocycles. The van der Waals surface area contributed by atoms with E-state index < -0.39 is 0 Å². The van der Waals surface area contributed by atoms with Gasteiger partial charge in [-0.05, 0) is 32.1 Å². The fraction of sp³-hybridized carbons (Fsp3) is 0.643. The molecule has 1 fully saturated rings. The minimum atomic E-state index is -0.200. The number of hydrogen-bond acceptors (Lipinski definition) is 5. The minimum absolute atomic E-state index is 0.200. The van der Waals surface area contributed by atoms with Crippen LogP contribution in [0, 0.1) is 12.8 Å². The molecule has 0 bridgehead atoms. The summed E-state index contributed by atoms with van der Waals surface area (Å²) in [5.74, 6) is 0.339. The predicted molar refractivity (Wildman–Crippen MR) is 84.5 cm³/mol. The number of aryl methyl sites for hydroxylation is 2. The van der Waals surface area contributed by atoms with Crippen molar-refractivity contribution in [2.24, 2.45) is 18.7 Å². The zero-order valence-corrected chi connectivity index (χ0v) is 13.3. The summed E-state index contributed by atoms with van der Waals surface area (Å²) < 4.78 is 3.02. The summed E-state index contributed by atoms with van der Waals surface area (Å²) in [6.45, 7) is 4.04. The molecule has 0 saturated carbocycles. The number of anilines is 1. The SMILES string of the molecule is Cc1nn(C)c2nc(N3CCCC(CCC(N)=O)C3)sc12. The van der Waals surface area contributed by atoms with Gasteiger partial charge in [0.05, 0.1) is 10.4 Å². The molecule has 0 aliphatic carbocycles. The highest BCUT2D eigenvalue weighted by atomic mass is 32.1. The largest absolute Gasteiger partial charge is 0.370 e. The molecule has 1 aliphatic rings. The Labute approximate surface area is 127 Å². The Bertz CT molecular complexity index is 627. The molecule has 114 valence electrons. The van der Waals surface area contributed by atoms with Crippen molar-refractivity contribution in [3.63, 3.8) is 0 Å². The molecule has 0 radical (unpaired) electrons. The minimum Gasteiger partial charge on any atom is -0.370 e. The van der Waals surface area contributed by atoms with Crippen LogP contribution in [0.4, 0.5) is 5.13 Å². The topological polar surface area (TPSA) is 77.0 Å². The van der Waals surface area contributed by atoms with Gasteiger partial charge in [-0.15, -0.1) is 0 Å². The first-order chi connectivity index (χ1) is 10.0. The van der Waals surface area contributed by atoms with Crippen LogP contribution in [0.1, 0.15) is 31.4 Å². The van der Waals surface area contributed by atoms with E-state index in [-0.39, 0.29) is 5.91 Å². The van der Waals surface area contributed by atoms with E-state index in [1.165, 1.54) is 11.1 Å². The smallest absolute Gasteiger partial charge is 0.217 e. The number of nitrogens with two attached hydrogens (primary N) is 1. The van der Waals surface area contributed by atoms with Crippen molar-refractivity contribution in [3.8, 4) is 0 Å². The zero-order chi connectivity index (χ0) is 15.0. The van der Waals surface area contributed by atoms with Crippen molar-refractivity contribution >= 4 is 32.7 Å². The summed E-state index contributed by atoms with van der Waals surface area (Å²) in [7, 11) is 1.94. The van der Waals surface area contributed by atoms with Crippen molar-refractivity contribution < 1.29 is 4.79 Å². The molecule has 0 spiro atoms.